The number of carbonyl (C=O) groups is 1. The van der Waals surface area contributed by atoms with Crippen LogP contribution < -0.4 is 15.3 Å². The number of esters is 1. The quantitative estimate of drug-likeness (QED) is 0.651. The van der Waals surface area contributed by atoms with E-state index in [9.17, 15) is 9.59 Å². The Morgan fingerprint density at radius 3 is 2.56 bits per heavy atom. The van der Waals surface area contributed by atoms with Gasteiger partial charge in [-0.15, -0.1) is 11.3 Å². The molecular formula is C18H17NO5S. The molecule has 0 N–H and O–H groups in total. The summed E-state index contributed by atoms with van der Waals surface area (Å²) < 4.78 is 15.7. The fraction of sp³-hybridized carbons (Fsp3) is 0.222. The van der Waals surface area contributed by atoms with Gasteiger partial charge in [0.1, 0.15) is 11.3 Å². The molecule has 3 rings (SSSR count). The zero-order valence-corrected chi connectivity index (χ0v) is 14.9. The predicted octanol–water partition coefficient (Wildman–Crippen LogP) is 3.29. The van der Waals surface area contributed by atoms with Crippen molar-refractivity contribution < 1.29 is 18.7 Å². The molecule has 6 nitrogen and oxygen atoms in total. The molecule has 25 heavy (non-hydrogen) atoms. The van der Waals surface area contributed by atoms with Gasteiger partial charge in [0, 0.05) is 19.7 Å². The molecule has 0 unspecified atom stereocenters. The van der Waals surface area contributed by atoms with E-state index < -0.39 is 11.6 Å². The molecular weight excluding hydrogens is 342 g/mol. The average Bonchev–Trinajstić information content (AvgIpc) is 3.04. The Balaban J connectivity index is 1.87. The number of hydrogen-bond acceptors (Lipinski definition) is 7. The number of ether oxygens (including phenoxy) is 2. The van der Waals surface area contributed by atoms with E-state index in [4.69, 9.17) is 9.15 Å². The highest BCUT2D eigenvalue weighted by molar-refractivity contribution is 7.22. The summed E-state index contributed by atoms with van der Waals surface area (Å²) in [5, 5.41) is 0.927. The fourth-order valence-electron chi connectivity index (χ4n) is 2.42. The molecule has 0 saturated heterocycles. The second kappa shape index (κ2) is 6.98. The summed E-state index contributed by atoms with van der Waals surface area (Å²) in [6.45, 7) is 0.685. The maximum absolute atomic E-state index is 11.9. The van der Waals surface area contributed by atoms with Crippen molar-refractivity contribution in [3.05, 3.63) is 57.9 Å². The SMILES string of the molecule is COC(=O)c1cc2sc(N(C)Cc3ccc(OC)cc3)cc2oc1=O. The van der Waals surface area contributed by atoms with Crippen molar-refractivity contribution in [1.82, 2.24) is 0 Å². The number of carbonyl (C=O) groups excluding carboxylic acids is 1. The van der Waals surface area contributed by atoms with Gasteiger partial charge in [0.2, 0.25) is 0 Å². The van der Waals surface area contributed by atoms with Crippen molar-refractivity contribution in [3.63, 3.8) is 0 Å². The number of fused-ring (bicyclic) bond motifs is 1. The smallest absolute Gasteiger partial charge is 0.351 e. The molecule has 0 aliphatic carbocycles. The van der Waals surface area contributed by atoms with Crippen LogP contribution in [0.25, 0.3) is 10.3 Å². The highest BCUT2D eigenvalue weighted by Gasteiger charge is 2.16. The first-order valence-corrected chi connectivity index (χ1v) is 8.33. The average molecular weight is 359 g/mol. The van der Waals surface area contributed by atoms with Gasteiger partial charge >= 0.3 is 11.6 Å². The lowest BCUT2D eigenvalue weighted by atomic mass is 10.2. The Labute approximate surface area is 148 Å². The molecule has 7 heteroatoms. The zero-order valence-electron chi connectivity index (χ0n) is 14.1. The highest BCUT2D eigenvalue weighted by atomic mass is 32.1. The molecule has 0 saturated carbocycles. The summed E-state index contributed by atoms with van der Waals surface area (Å²) in [7, 11) is 4.82. The topological polar surface area (TPSA) is 69.0 Å². The lowest BCUT2D eigenvalue weighted by Gasteiger charge is -2.16. The molecule has 0 atom stereocenters. The highest BCUT2D eigenvalue weighted by Crippen LogP contribution is 2.32. The van der Waals surface area contributed by atoms with E-state index >= 15 is 0 Å². The fourth-order valence-corrected chi connectivity index (χ4v) is 3.41. The Morgan fingerprint density at radius 2 is 1.92 bits per heavy atom. The van der Waals surface area contributed by atoms with Gasteiger partial charge in [-0.1, -0.05) is 12.1 Å². The van der Waals surface area contributed by atoms with Crippen molar-refractivity contribution in [2.45, 2.75) is 6.54 Å². The predicted molar refractivity (Wildman–Crippen MR) is 96.8 cm³/mol. The molecule has 130 valence electrons. The standard InChI is InChI=1S/C18H17NO5S/c1-19(10-11-4-6-12(22-2)7-5-11)16-9-14-15(25-16)8-13(17(20)23-3)18(21)24-14/h4-9H,10H2,1-3H3. The monoisotopic (exact) mass is 359 g/mol. The van der Waals surface area contributed by atoms with E-state index in [1.807, 2.05) is 36.2 Å². The van der Waals surface area contributed by atoms with Gasteiger partial charge in [0.25, 0.3) is 0 Å². The number of anilines is 1. The summed E-state index contributed by atoms with van der Waals surface area (Å²) in [4.78, 5) is 25.5. The number of methoxy groups -OCH3 is 2. The maximum atomic E-state index is 11.9. The number of rotatable bonds is 5. The van der Waals surface area contributed by atoms with Gasteiger partial charge < -0.3 is 18.8 Å². The van der Waals surface area contributed by atoms with Crippen LogP contribution >= 0.6 is 11.3 Å². The summed E-state index contributed by atoms with van der Waals surface area (Å²) in [5.74, 6) is 0.113. The van der Waals surface area contributed by atoms with Crippen molar-refractivity contribution >= 4 is 32.6 Å². The Morgan fingerprint density at radius 1 is 1.20 bits per heavy atom. The lowest BCUT2D eigenvalue weighted by Crippen LogP contribution is -2.14. The maximum Gasteiger partial charge on any atom is 0.351 e. The van der Waals surface area contributed by atoms with Crippen LogP contribution in [0.4, 0.5) is 5.00 Å². The lowest BCUT2D eigenvalue weighted by molar-refractivity contribution is 0.0596. The van der Waals surface area contributed by atoms with E-state index in [-0.39, 0.29) is 5.56 Å². The molecule has 3 aromatic rings. The normalized spacial score (nSPS) is 10.7. The summed E-state index contributed by atoms with van der Waals surface area (Å²) in [6.07, 6.45) is 0. The number of benzene rings is 1. The van der Waals surface area contributed by atoms with Crippen molar-refractivity contribution in [1.29, 1.82) is 0 Å². The molecule has 2 aromatic heterocycles. The third kappa shape index (κ3) is 3.51. The molecule has 0 aliphatic rings. The number of nitrogens with zero attached hydrogens (tertiary/aromatic N) is 1. The van der Waals surface area contributed by atoms with Gasteiger partial charge in [0.05, 0.1) is 23.9 Å². The molecule has 0 amide bonds. The molecule has 0 spiro atoms. The molecule has 2 heterocycles. The van der Waals surface area contributed by atoms with Crippen LogP contribution in [-0.2, 0) is 11.3 Å². The minimum absolute atomic E-state index is 0.0961. The van der Waals surface area contributed by atoms with Gasteiger partial charge in [0.15, 0.2) is 5.58 Å². The second-order valence-corrected chi connectivity index (χ2v) is 6.52. The third-order valence-electron chi connectivity index (χ3n) is 3.77. The van der Waals surface area contributed by atoms with Crippen molar-refractivity contribution in [2.75, 3.05) is 26.2 Å². The van der Waals surface area contributed by atoms with Crippen LogP contribution in [0.1, 0.15) is 15.9 Å². The van der Waals surface area contributed by atoms with Crippen LogP contribution in [0.15, 0.2) is 45.6 Å². The van der Waals surface area contributed by atoms with Crippen molar-refractivity contribution in [3.8, 4) is 5.75 Å². The van der Waals surface area contributed by atoms with E-state index in [1.165, 1.54) is 24.5 Å². The number of thiophene rings is 1. The first kappa shape index (κ1) is 17.0. The largest absolute Gasteiger partial charge is 0.497 e. The number of hydrogen-bond donors (Lipinski definition) is 0. The van der Waals surface area contributed by atoms with Crippen molar-refractivity contribution in [2.24, 2.45) is 0 Å². The molecule has 0 radical (unpaired) electrons. The van der Waals surface area contributed by atoms with Gasteiger partial charge in [-0.25, -0.2) is 9.59 Å². The van der Waals surface area contributed by atoms with Gasteiger partial charge in [-0.3, -0.25) is 0 Å². The molecule has 0 aliphatic heterocycles. The Bertz CT molecular complexity index is 958. The molecule has 1 aromatic carbocycles. The van der Waals surface area contributed by atoms with Gasteiger partial charge in [-0.05, 0) is 23.8 Å². The zero-order chi connectivity index (χ0) is 18.0. The molecule has 0 fully saturated rings. The summed E-state index contributed by atoms with van der Waals surface area (Å²) >= 11 is 1.44. The van der Waals surface area contributed by atoms with Gasteiger partial charge in [-0.2, -0.15) is 0 Å². The van der Waals surface area contributed by atoms with E-state index in [1.54, 1.807) is 13.2 Å². The Kier molecular flexibility index (Phi) is 4.76. The van der Waals surface area contributed by atoms with Crippen LogP contribution in [-0.4, -0.2) is 27.2 Å². The second-order valence-electron chi connectivity index (χ2n) is 5.46. The first-order chi connectivity index (χ1) is 12.0. The Hall–Kier alpha value is -2.80. The third-order valence-corrected chi connectivity index (χ3v) is 4.95. The van der Waals surface area contributed by atoms with E-state index in [0.29, 0.717) is 12.1 Å². The van der Waals surface area contributed by atoms with Crippen LogP contribution in [0, 0.1) is 0 Å². The van der Waals surface area contributed by atoms with Crippen LogP contribution in [0.5, 0.6) is 5.75 Å². The van der Waals surface area contributed by atoms with E-state index in [2.05, 4.69) is 4.74 Å². The minimum atomic E-state index is -0.697. The van der Waals surface area contributed by atoms with Crippen LogP contribution in [0.3, 0.4) is 0 Å². The summed E-state index contributed by atoms with van der Waals surface area (Å²) in [6, 6.07) is 11.1. The first-order valence-electron chi connectivity index (χ1n) is 7.52. The van der Waals surface area contributed by atoms with Crippen LogP contribution in [0.2, 0.25) is 0 Å². The minimum Gasteiger partial charge on any atom is -0.497 e. The molecule has 0 bridgehead atoms. The van der Waals surface area contributed by atoms with E-state index in [0.717, 1.165) is 21.0 Å². The summed E-state index contributed by atoms with van der Waals surface area (Å²) in [5.41, 5.74) is 0.791.